The van der Waals surface area contributed by atoms with Gasteiger partial charge in [0.15, 0.2) is 24.8 Å². The van der Waals surface area contributed by atoms with Gasteiger partial charge in [-0.25, -0.2) is 9.13 Å². The molecule has 0 saturated carbocycles. The van der Waals surface area contributed by atoms with Crippen molar-refractivity contribution in [3.05, 3.63) is 120 Å². The maximum absolute atomic E-state index is 12.3. The Morgan fingerprint density at radius 1 is 0.550 bits per heavy atom. The number of aryl methyl sites for hydroxylation is 2. The fourth-order valence-electron chi connectivity index (χ4n) is 3.57. The van der Waals surface area contributed by atoms with Gasteiger partial charge in [-0.1, -0.05) is 70.2 Å². The molecule has 4 rings (SSSR count). The number of hydrogen-bond donors (Lipinski definition) is 2. The number of nitrogens with one attached hydrogen (secondary N) is 2. The normalized spacial score (nSPS) is 11.2. The minimum Gasteiger partial charge on any atom is -0.325 e. The number of anilines is 2. The van der Waals surface area contributed by atoms with E-state index in [4.69, 9.17) is 0 Å². The van der Waals surface area contributed by atoms with Gasteiger partial charge in [0, 0.05) is 35.6 Å². The summed E-state index contributed by atoms with van der Waals surface area (Å²) < 4.78 is 3.98. The molecule has 40 heavy (non-hydrogen) atoms. The zero-order valence-corrected chi connectivity index (χ0v) is 24.1. The monoisotopic (exact) mass is 568 g/mol. The first kappa shape index (κ1) is 28.9. The van der Waals surface area contributed by atoms with Crippen LogP contribution in [0, 0.1) is 0 Å². The number of aromatic nitrogens is 2. The van der Waals surface area contributed by atoms with Gasteiger partial charge in [0.2, 0.25) is 11.8 Å². The third kappa shape index (κ3) is 9.87. The van der Waals surface area contributed by atoms with Crippen molar-refractivity contribution in [1.29, 1.82) is 0 Å². The number of benzene rings is 2. The van der Waals surface area contributed by atoms with Crippen LogP contribution in [0.25, 0.3) is 24.3 Å². The summed E-state index contributed by atoms with van der Waals surface area (Å²) in [4.78, 5) is 24.6. The highest BCUT2D eigenvalue weighted by atomic mass is 33.1. The molecule has 0 bridgehead atoms. The molecule has 0 aliphatic rings. The van der Waals surface area contributed by atoms with Crippen molar-refractivity contribution in [2.24, 2.45) is 14.1 Å². The Labute approximate surface area is 243 Å². The van der Waals surface area contributed by atoms with Crippen molar-refractivity contribution in [2.45, 2.75) is 0 Å². The molecule has 2 aromatic carbocycles. The van der Waals surface area contributed by atoms with Gasteiger partial charge in [-0.05, 0) is 46.5 Å². The van der Waals surface area contributed by atoms with Crippen LogP contribution < -0.4 is 19.8 Å². The SMILES string of the molecule is C[n+]1ccc(/C=C/c2ccc(NC(=O)CSSCC(=O)Nc3ccc(/C=C/c4cc[n+](C)cc4)cc3)cc2)cc1. The summed E-state index contributed by atoms with van der Waals surface area (Å²) >= 11 is 0. The van der Waals surface area contributed by atoms with Crippen molar-refractivity contribution < 1.29 is 18.7 Å². The van der Waals surface area contributed by atoms with Crippen LogP contribution in [0.3, 0.4) is 0 Å². The lowest BCUT2D eigenvalue weighted by atomic mass is 10.1. The van der Waals surface area contributed by atoms with Crippen LogP contribution in [0.4, 0.5) is 11.4 Å². The van der Waals surface area contributed by atoms with E-state index in [2.05, 4.69) is 22.8 Å². The highest BCUT2D eigenvalue weighted by Crippen LogP contribution is 2.22. The summed E-state index contributed by atoms with van der Waals surface area (Å²) in [6.45, 7) is 0. The van der Waals surface area contributed by atoms with Crippen molar-refractivity contribution in [2.75, 3.05) is 22.1 Å². The summed E-state index contributed by atoms with van der Waals surface area (Å²) in [6.07, 6.45) is 16.2. The number of rotatable bonds is 11. The maximum Gasteiger partial charge on any atom is 0.235 e. The van der Waals surface area contributed by atoms with Crippen LogP contribution in [-0.4, -0.2) is 23.3 Å². The van der Waals surface area contributed by atoms with Crippen LogP contribution in [0.2, 0.25) is 0 Å². The van der Waals surface area contributed by atoms with E-state index in [1.54, 1.807) is 0 Å². The summed E-state index contributed by atoms with van der Waals surface area (Å²) in [7, 11) is 6.69. The van der Waals surface area contributed by atoms with Gasteiger partial charge in [0.05, 0.1) is 11.5 Å². The lowest BCUT2D eigenvalue weighted by Crippen LogP contribution is -2.25. The number of nitrogens with zero attached hydrogens (tertiary/aromatic N) is 2. The highest BCUT2D eigenvalue weighted by Gasteiger charge is 2.07. The zero-order valence-electron chi connectivity index (χ0n) is 22.5. The van der Waals surface area contributed by atoms with E-state index >= 15 is 0 Å². The number of amides is 2. The van der Waals surface area contributed by atoms with Crippen LogP contribution in [0.1, 0.15) is 22.3 Å². The second kappa shape index (κ2) is 14.9. The van der Waals surface area contributed by atoms with E-state index in [0.717, 1.165) is 33.6 Å². The van der Waals surface area contributed by atoms with E-state index in [1.165, 1.54) is 21.6 Å². The van der Waals surface area contributed by atoms with Gasteiger partial charge in [-0.3, -0.25) is 9.59 Å². The van der Waals surface area contributed by atoms with Crippen LogP contribution in [0.15, 0.2) is 97.6 Å². The molecule has 0 aliphatic carbocycles. The first-order valence-corrected chi connectivity index (χ1v) is 15.2. The standard InChI is InChI=1S/C32H30N4O2S2/c1-35-19-15-27(16-20-35)5-3-25-7-11-29(12-8-25)33-31(37)23-39-40-24-32(38)34-30-13-9-26(10-14-30)4-6-28-17-21-36(2)22-18-28/h3-22H,23-24H2,1-2H3/p+2. The van der Waals surface area contributed by atoms with E-state index in [0.29, 0.717) is 0 Å². The maximum atomic E-state index is 12.3. The summed E-state index contributed by atoms with van der Waals surface area (Å²) in [5.41, 5.74) is 5.84. The molecule has 0 unspecified atom stereocenters. The molecule has 0 radical (unpaired) electrons. The number of hydrogen-bond acceptors (Lipinski definition) is 4. The minimum absolute atomic E-state index is 0.105. The molecule has 2 heterocycles. The van der Waals surface area contributed by atoms with Crippen molar-refractivity contribution in [3.63, 3.8) is 0 Å². The molecule has 2 amide bonds. The largest absolute Gasteiger partial charge is 0.325 e. The molecule has 0 spiro atoms. The predicted octanol–water partition coefficient (Wildman–Crippen LogP) is 5.64. The molecular weight excluding hydrogens is 537 g/mol. The van der Waals surface area contributed by atoms with Crippen molar-refractivity contribution in [3.8, 4) is 0 Å². The number of pyridine rings is 2. The van der Waals surface area contributed by atoms with E-state index in [1.807, 2.05) is 133 Å². The average Bonchev–Trinajstić information content (AvgIpc) is 2.96. The van der Waals surface area contributed by atoms with E-state index in [9.17, 15) is 9.59 Å². The van der Waals surface area contributed by atoms with Crippen molar-refractivity contribution >= 4 is 69.1 Å². The van der Waals surface area contributed by atoms with Gasteiger partial charge in [-0.2, -0.15) is 0 Å². The molecule has 0 aliphatic heterocycles. The van der Waals surface area contributed by atoms with Gasteiger partial charge in [-0.15, -0.1) is 0 Å². The summed E-state index contributed by atoms with van der Waals surface area (Å²) in [6, 6.07) is 23.6. The van der Waals surface area contributed by atoms with Crippen molar-refractivity contribution in [1.82, 2.24) is 0 Å². The first-order valence-electron chi connectivity index (χ1n) is 12.7. The fourth-order valence-corrected chi connectivity index (χ4v) is 5.24. The molecule has 0 saturated heterocycles. The Morgan fingerprint density at radius 3 is 1.18 bits per heavy atom. The molecule has 202 valence electrons. The molecular formula is C32H32N4O2S2+2. The summed E-state index contributed by atoms with van der Waals surface area (Å²) in [5, 5.41) is 5.80. The second-order valence-corrected chi connectivity index (χ2v) is 11.6. The second-order valence-electron chi connectivity index (χ2n) is 9.13. The van der Waals surface area contributed by atoms with Crippen LogP contribution in [-0.2, 0) is 23.7 Å². The molecule has 2 aromatic heterocycles. The smallest absolute Gasteiger partial charge is 0.235 e. The number of carbonyl (C=O) groups is 2. The quantitative estimate of drug-likeness (QED) is 0.140. The minimum atomic E-state index is -0.105. The van der Waals surface area contributed by atoms with Gasteiger partial charge in [0.1, 0.15) is 14.1 Å². The summed E-state index contributed by atoms with van der Waals surface area (Å²) in [5.74, 6) is 0.301. The Morgan fingerprint density at radius 2 is 0.850 bits per heavy atom. The van der Waals surface area contributed by atoms with Gasteiger partial charge >= 0.3 is 0 Å². The Kier molecular flexibility index (Phi) is 10.7. The highest BCUT2D eigenvalue weighted by molar-refractivity contribution is 8.77. The molecule has 0 atom stereocenters. The molecule has 2 N–H and O–H groups in total. The Balaban J connectivity index is 1.13. The van der Waals surface area contributed by atoms with Gasteiger partial charge in [0.25, 0.3) is 0 Å². The van der Waals surface area contributed by atoms with Crippen LogP contribution in [0.5, 0.6) is 0 Å². The third-order valence-electron chi connectivity index (χ3n) is 5.80. The van der Waals surface area contributed by atoms with E-state index < -0.39 is 0 Å². The fraction of sp³-hybridized carbons (Fsp3) is 0.125. The molecule has 4 aromatic rings. The van der Waals surface area contributed by atoms with Crippen LogP contribution >= 0.6 is 21.6 Å². The molecule has 8 heteroatoms. The lowest BCUT2D eigenvalue weighted by Gasteiger charge is -2.07. The molecule has 6 nitrogen and oxygen atoms in total. The van der Waals surface area contributed by atoms with E-state index in [-0.39, 0.29) is 23.3 Å². The predicted molar refractivity (Wildman–Crippen MR) is 168 cm³/mol. The average molecular weight is 569 g/mol. The first-order chi connectivity index (χ1) is 19.4. The lowest BCUT2D eigenvalue weighted by molar-refractivity contribution is -0.671. The topological polar surface area (TPSA) is 66.0 Å². The molecule has 0 fully saturated rings. The third-order valence-corrected chi connectivity index (χ3v) is 7.93. The van der Waals surface area contributed by atoms with Gasteiger partial charge < -0.3 is 10.6 Å². The Bertz CT molecular complexity index is 1350. The Hall–Kier alpha value is -4.14. The zero-order chi connectivity index (χ0) is 28.2. The number of carbonyl (C=O) groups excluding carboxylic acids is 2.